The van der Waals surface area contributed by atoms with Crippen LogP contribution in [0.25, 0.3) is 21.9 Å². The van der Waals surface area contributed by atoms with Crippen LogP contribution in [0.4, 0.5) is 0 Å². The minimum atomic E-state index is -0.0499. The first-order chi connectivity index (χ1) is 11.7. The summed E-state index contributed by atoms with van der Waals surface area (Å²) in [6.45, 7) is 0.619. The lowest BCUT2D eigenvalue weighted by Gasteiger charge is -2.08. The van der Waals surface area contributed by atoms with E-state index in [1.165, 1.54) is 4.57 Å². The molecule has 5 heteroatoms. The molecular weight excluding hydrogens is 302 g/mol. The summed E-state index contributed by atoms with van der Waals surface area (Å²) in [5.41, 5.74) is 3.39. The van der Waals surface area contributed by atoms with E-state index < -0.39 is 0 Å². The fourth-order valence-corrected chi connectivity index (χ4v) is 3.08. The Kier molecular flexibility index (Phi) is 3.34. The molecule has 4 rings (SSSR count). The lowest BCUT2D eigenvalue weighted by Crippen LogP contribution is -2.19. The lowest BCUT2D eigenvalue weighted by atomic mass is 10.2. The molecule has 0 radical (unpaired) electrons. The van der Waals surface area contributed by atoms with Crippen molar-refractivity contribution in [3.05, 3.63) is 70.8 Å². The van der Waals surface area contributed by atoms with Gasteiger partial charge in [-0.1, -0.05) is 30.3 Å². The van der Waals surface area contributed by atoms with Gasteiger partial charge in [-0.15, -0.1) is 0 Å². The second-order valence-electron chi connectivity index (χ2n) is 5.81. The van der Waals surface area contributed by atoms with Crippen LogP contribution in [0.15, 0.2) is 59.7 Å². The zero-order valence-corrected chi connectivity index (χ0v) is 13.6. The molecule has 0 N–H and O–H groups in total. The summed E-state index contributed by atoms with van der Waals surface area (Å²) in [6, 6.07) is 15.9. The number of methoxy groups -OCH3 is 1. The molecule has 0 spiro atoms. The van der Waals surface area contributed by atoms with Gasteiger partial charge >= 0.3 is 0 Å². The molecule has 24 heavy (non-hydrogen) atoms. The van der Waals surface area contributed by atoms with Crippen molar-refractivity contribution in [2.45, 2.75) is 6.54 Å². The van der Waals surface area contributed by atoms with Crippen molar-refractivity contribution in [1.29, 1.82) is 0 Å². The molecule has 0 amide bonds. The third-order valence-electron chi connectivity index (χ3n) is 4.31. The number of nitrogens with zero attached hydrogens (tertiary/aromatic N) is 3. The average Bonchev–Trinajstić information content (AvgIpc) is 2.92. The summed E-state index contributed by atoms with van der Waals surface area (Å²) in [4.78, 5) is 17.2. The van der Waals surface area contributed by atoms with E-state index in [0.717, 1.165) is 22.2 Å². The number of hydrogen-bond donors (Lipinski definition) is 0. The van der Waals surface area contributed by atoms with E-state index in [1.807, 2.05) is 41.0 Å². The molecule has 0 aliphatic rings. The first-order valence-electron chi connectivity index (χ1n) is 7.74. The van der Waals surface area contributed by atoms with E-state index in [1.54, 1.807) is 20.5 Å². The Bertz CT molecular complexity index is 1090. The normalized spacial score (nSPS) is 11.2. The Hall–Kier alpha value is -3.08. The molecule has 120 valence electrons. The highest BCUT2D eigenvalue weighted by Crippen LogP contribution is 2.29. The standard InChI is InChI=1S/C19H17N3O2/c1-21-12-20-17-15-10-14(24-2)8-9-16(15)22(18(17)19(21)23)11-13-6-4-3-5-7-13/h3-10,12H,11H2,1-2H3. The molecule has 0 saturated carbocycles. The van der Waals surface area contributed by atoms with Gasteiger partial charge in [0.1, 0.15) is 16.8 Å². The SMILES string of the molecule is COc1ccc2c(c1)c1ncn(C)c(=O)c1n2Cc1ccccc1. The van der Waals surface area contributed by atoms with Gasteiger partial charge in [-0.05, 0) is 23.8 Å². The molecule has 2 aromatic heterocycles. The van der Waals surface area contributed by atoms with Crippen LogP contribution in [0, 0.1) is 0 Å². The van der Waals surface area contributed by atoms with Crippen LogP contribution in [0.3, 0.4) is 0 Å². The van der Waals surface area contributed by atoms with Crippen molar-refractivity contribution in [3.63, 3.8) is 0 Å². The van der Waals surface area contributed by atoms with Crippen molar-refractivity contribution < 1.29 is 4.74 Å². The van der Waals surface area contributed by atoms with Gasteiger partial charge in [0.25, 0.3) is 5.56 Å². The summed E-state index contributed by atoms with van der Waals surface area (Å²) in [5, 5.41) is 0.929. The van der Waals surface area contributed by atoms with Crippen molar-refractivity contribution in [2.24, 2.45) is 7.05 Å². The highest BCUT2D eigenvalue weighted by Gasteiger charge is 2.16. The third kappa shape index (κ3) is 2.17. The van der Waals surface area contributed by atoms with E-state index >= 15 is 0 Å². The van der Waals surface area contributed by atoms with Crippen LogP contribution < -0.4 is 10.3 Å². The molecule has 0 unspecified atom stereocenters. The summed E-state index contributed by atoms with van der Waals surface area (Å²) in [5.74, 6) is 0.753. The van der Waals surface area contributed by atoms with Gasteiger partial charge in [-0.3, -0.25) is 4.79 Å². The van der Waals surface area contributed by atoms with Crippen molar-refractivity contribution in [2.75, 3.05) is 7.11 Å². The molecule has 0 bridgehead atoms. The van der Waals surface area contributed by atoms with Crippen molar-refractivity contribution in [3.8, 4) is 5.75 Å². The minimum Gasteiger partial charge on any atom is -0.497 e. The molecular formula is C19H17N3O2. The molecule has 2 aromatic carbocycles. The van der Waals surface area contributed by atoms with Gasteiger partial charge in [-0.2, -0.15) is 0 Å². The second-order valence-corrected chi connectivity index (χ2v) is 5.81. The molecule has 4 aromatic rings. The summed E-state index contributed by atoms with van der Waals surface area (Å²) in [6.07, 6.45) is 1.57. The zero-order chi connectivity index (χ0) is 16.7. The molecule has 5 nitrogen and oxygen atoms in total. The molecule has 0 atom stereocenters. The first-order valence-corrected chi connectivity index (χ1v) is 7.74. The number of hydrogen-bond acceptors (Lipinski definition) is 3. The van der Waals surface area contributed by atoms with Gasteiger partial charge in [0.2, 0.25) is 0 Å². The van der Waals surface area contributed by atoms with Gasteiger partial charge in [-0.25, -0.2) is 4.98 Å². The molecule has 0 saturated heterocycles. The maximum atomic E-state index is 12.7. The van der Waals surface area contributed by atoms with Gasteiger partial charge < -0.3 is 13.9 Å². The summed E-state index contributed by atoms with van der Waals surface area (Å²) < 4.78 is 8.88. The minimum absolute atomic E-state index is 0.0499. The highest BCUT2D eigenvalue weighted by molar-refractivity contribution is 6.05. The third-order valence-corrected chi connectivity index (χ3v) is 4.31. The molecule has 2 heterocycles. The Morgan fingerprint density at radius 2 is 1.92 bits per heavy atom. The number of benzene rings is 2. The Morgan fingerprint density at radius 3 is 2.67 bits per heavy atom. The number of fused-ring (bicyclic) bond motifs is 3. The Morgan fingerprint density at radius 1 is 1.12 bits per heavy atom. The molecule has 0 aliphatic heterocycles. The quantitative estimate of drug-likeness (QED) is 0.583. The number of aromatic nitrogens is 3. The Balaban J connectivity index is 2.08. The summed E-state index contributed by atoms with van der Waals surface area (Å²) >= 11 is 0. The van der Waals surface area contributed by atoms with Gasteiger partial charge in [0, 0.05) is 19.0 Å². The van der Waals surface area contributed by atoms with Gasteiger partial charge in [0.15, 0.2) is 0 Å². The highest BCUT2D eigenvalue weighted by atomic mass is 16.5. The van der Waals surface area contributed by atoms with Gasteiger partial charge in [0.05, 0.1) is 19.0 Å². The van der Waals surface area contributed by atoms with E-state index in [-0.39, 0.29) is 5.56 Å². The second kappa shape index (κ2) is 5.53. The maximum Gasteiger partial charge on any atom is 0.277 e. The van der Waals surface area contributed by atoms with E-state index in [4.69, 9.17) is 4.74 Å². The van der Waals surface area contributed by atoms with Crippen LogP contribution in [-0.4, -0.2) is 21.2 Å². The summed E-state index contributed by atoms with van der Waals surface area (Å²) in [7, 11) is 3.36. The van der Waals surface area contributed by atoms with E-state index in [0.29, 0.717) is 17.6 Å². The predicted octanol–water partition coefficient (Wildman–Crippen LogP) is 2.95. The van der Waals surface area contributed by atoms with Crippen LogP contribution in [-0.2, 0) is 13.6 Å². The smallest absolute Gasteiger partial charge is 0.277 e. The fraction of sp³-hybridized carbons (Fsp3) is 0.158. The zero-order valence-electron chi connectivity index (χ0n) is 13.6. The van der Waals surface area contributed by atoms with Crippen LogP contribution >= 0.6 is 0 Å². The van der Waals surface area contributed by atoms with Crippen LogP contribution in [0.1, 0.15) is 5.56 Å². The average molecular weight is 319 g/mol. The monoisotopic (exact) mass is 319 g/mol. The van der Waals surface area contributed by atoms with Crippen molar-refractivity contribution >= 4 is 21.9 Å². The molecule has 0 fully saturated rings. The first kappa shape index (κ1) is 14.5. The van der Waals surface area contributed by atoms with Crippen LogP contribution in [0.5, 0.6) is 5.75 Å². The number of ether oxygens (including phenoxy) is 1. The van der Waals surface area contributed by atoms with E-state index in [2.05, 4.69) is 17.1 Å². The topological polar surface area (TPSA) is 49.1 Å². The maximum absolute atomic E-state index is 12.7. The molecule has 0 aliphatic carbocycles. The van der Waals surface area contributed by atoms with Crippen molar-refractivity contribution in [1.82, 2.24) is 14.1 Å². The van der Waals surface area contributed by atoms with E-state index in [9.17, 15) is 4.79 Å². The number of aryl methyl sites for hydroxylation is 1. The van der Waals surface area contributed by atoms with Crippen LogP contribution in [0.2, 0.25) is 0 Å². The Labute approximate surface area is 138 Å². The number of rotatable bonds is 3. The fourth-order valence-electron chi connectivity index (χ4n) is 3.08. The largest absolute Gasteiger partial charge is 0.497 e. The predicted molar refractivity (Wildman–Crippen MR) is 94.6 cm³/mol. The lowest BCUT2D eigenvalue weighted by molar-refractivity contribution is 0.415.